The summed E-state index contributed by atoms with van der Waals surface area (Å²) in [6.45, 7) is 0. The number of pyridine rings is 1. The molecular weight excluding hydrogens is 197 g/mol. The van der Waals surface area contributed by atoms with Gasteiger partial charge in [0.05, 0.1) is 18.2 Å². The van der Waals surface area contributed by atoms with Crippen molar-refractivity contribution in [3.63, 3.8) is 0 Å². The smallest absolute Gasteiger partial charge is 0.338 e. The average molecular weight is 205 g/mol. The van der Waals surface area contributed by atoms with Crippen LogP contribution in [0.25, 0.3) is 10.9 Å². The molecule has 2 aromatic rings. The first-order valence-corrected chi connectivity index (χ1v) is 4.35. The summed E-state index contributed by atoms with van der Waals surface area (Å²) in [7, 11) is 1.30. The third-order valence-electron chi connectivity index (χ3n) is 2.11. The third kappa shape index (κ3) is 1.66. The SMILES string of the molecule is COC(=O)c1ccnc2cc(F)ccc12. The highest BCUT2D eigenvalue weighted by molar-refractivity contribution is 6.03. The quantitative estimate of drug-likeness (QED) is 0.669. The van der Waals surface area contributed by atoms with Crippen LogP contribution in [0.2, 0.25) is 0 Å². The van der Waals surface area contributed by atoms with Crippen LogP contribution >= 0.6 is 0 Å². The zero-order valence-electron chi connectivity index (χ0n) is 8.03. The number of aromatic nitrogens is 1. The molecule has 0 saturated heterocycles. The number of fused-ring (bicyclic) bond motifs is 1. The number of hydrogen-bond donors (Lipinski definition) is 0. The van der Waals surface area contributed by atoms with Gasteiger partial charge < -0.3 is 4.74 Å². The average Bonchev–Trinajstić information content (AvgIpc) is 2.26. The van der Waals surface area contributed by atoms with E-state index in [4.69, 9.17) is 0 Å². The Labute approximate surface area is 85.5 Å². The molecule has 1 aromatic heterocycles. The first-order chi connectivity index (χ1) is 7.22. The van der Waals surface area contributed by atoms with E-state index in [-0.39, 0.29) is 5.82 Å². The summed E-state index contributed by atoms with van der Waals surface area (Å²) in [5, 5.41) is 0.589. The second-order valence-corrected chi connectivity index (χ2v) is 3.01. The Hall–Kier alpha value is -1.97. The molecular formula is C11H8FNO2. The van der Waals surface area contributed by atoms with Gasteiger partial charge in [0.2, 0.25) is 0 Å². The Kier molecular flexibility index (Phi) is 2.33. The Morgan fingerprint density at radius 1 is 1.40 bits per heavy atom. The molecule has 2 rings (SSSR count). The molecule has 0 radical (unpaired) electrons. The van der Waals surface area contributed by atoms with Crippen molar-refractivity contribution < 1.29 is 13.9 Å². The molecule has 0 N–H and O–H groups in total. The van der Waals surface area contributed by atoms with E-state index in [2.05, 4.69) is 9.72 Å². The van der Waals surface area contributed by atoms with E-state index < -0.39 is 5.97 Å². The van der Waals surface area contributed by atoms with Crippen LogP contribution in [0, 0.1) is 5.82 Å². The molecule has 0 atom stereocenters. The van der Waals surface area contributed by atoms with Crippen molar-refractivity contribution in [1.29, 1.82) is 0 Å². The van der Waals surface area contributed by atoms with Crippen molar-refractivity contribution in [3.8, 4) is 0 Å². The molecule has 15 heavy (non-hydrogen) atoms. The minimum atomic E-state index is -0.450. The fourth-order valence-corrected chi connectivity index (χ4v) is 1.41. The maximum atomic E-state index is 12.9. The van der Waals surface area contributed by atoms with Gasteiger partial charge in [0.1, 0.15) is 5.82 Å². The largest absolute Gasteiger partial charge is 0.465 e. The van der Waals surface area contributed by atoms with Crippen LogP contribution in [0.5, 0.6) is 0 Å². The number of hydrogen-bond acceptors (Lipinski definition) is 3. The molecule has 0 fully saturated rings. The van der Waals surface area contributed by atoms with Gasteiger partial charge in [0.25, 0.3) is 0 Å². The van der Waals surface area contributed by atoms with E-state index in [1.54, 1.807) is 6.07 Å². The monoisotopic (exact) mass is 205 g/mol. The predicted octanol–water partition coefficient (Wildman–Crippen LogP) is 2.16. The van der Waals surface area contributed by atoms with Gasteiger partial charge in [0.15, 0.2) is 0 Å². The molecule has 3 nitrogen and oxygen atoms in total. The standard InChI is InChI=1S/C11H8FNO2/c1-15-11(14)9-4-5-13-10-6-7(12)2-3-8(9)10/h2-6H,1H3. The zero-order chi connectivity index (χ0) is 10.8. The van der Waals surface area contributed by atoms with Gasteiger partial charge in [-0.25, -0.2) is 9.18 Å². The van der Waals surface area contributed by atoms with E-state index in [0.717, 1.165) is 0 Å². The fraction of sp³-hybridized carbons (Fsp3) is 0.0909. The van der Waals surface area contributed by atoms with Crippen molar-refractivity contribution in [3.05, 3.63) is 41.8 Å². The number of ether oxygens (including phenoxy) is 1. The molecule has 0 unspecified atom stereocenters. The van der Waals surface area contributed by atoms with Crippen LogP contribution in [0.4, 0.5) is 4.39 Å². The van der Waals surface area contributed by atoms with Gasteiger partial charge in [-0.05, 0) is 18.2 Å². The molecule has 0 aliphatic carbocycles. The molecule has 0 aliphatic heterocycles. The van der Waals surface area contributed by atoms with E-state index in [9.17, 15) is 9.18 Å². The summed E-state index contributed by atoms with van der Waals surface area (Å²) in [6.07, 6.45) is 1.45. The molecule has 0 amide bonds. The Bertz CT molecular complexity index is 525. The minimum Gasteiger partial charge on any atom is -0.465 e. The summed E-state index contributed by atoms with van der Waals surface area (Å²) in [6, 6.07) is 5.63. The number of rotatable bonds is 1. The Morgan fingerprint density at radius 2 is 2.20 bits per heavy atom. The van der Waals surface area contributed by atoms with Crippen molar-refractivity contribution >= 4 is 16.9 Å². The van der Waals surface area contributed by atoms with Gasteiger partial charge in [-0.3, -0.25) is 4.98 Å². The van der Waals surface area contributed by atoms with Crippen LogP contribution in [0.1, 0.15) is 10.4 Å². The second-order valence-electron chi connectivity index (χ2n) is 3.01. The van der Waals surface area contributed by atoms with Gasteiger partial charge in [-0.1, -0.05) is 0 Å². The summed E-state index contributed by atoms with van der Waals surface area (Å²) in [5.74, 6) is -0.828. The number of esters is 1. The number of carbonyl (C=O) groups excluding carboxylic acids is 1. The van der Waals surface area contributed by atoms with E-state index in [1.807, 2.05) is 0 Å². The van der Waals surface area contributed by atoms with Crippen LogP contribution in [-0.2, 0) is 4.74 Å². The first-order valence-electron chi connectivity index (χ1n) is 4.35. The summed E-state index contributed by atoms with van der Waals surface area (Å²) in [5.41, 5.74) is 0.834. The van der Waals surface area contributed by atoms with Crippen LogP contribution < -0.4 is 0 Å². The zero-order valence-corrected chi connectivity index (χ0v) is 8.03. The summed E-state index contributed by atoms with van der Waals surface area (Å²) in [4.78, 5) is 15.3. The number of carbonyl (C=O) groups is 1. The molecule has 0 saturated carbocycles. The first kappa shape index (κ1) is 9.58. The van der Waals surface area contributed by atoms with Gasteiger partial charge in [0, 0.05) is 17.6 Å². The molecule has 0 aliphatic rings. The minimum absolute atomic E-state index is 0.378. The number of benzene rings is 1. The normalized spacial score (nSPS) is 10.3. The molecule has 4 heteroatoms. The number of methoxy groups -OCH3 is 1. The lowest BCUT2D eigenvalue weighted by atomic mass is 10.1. The number of nitrogens with zero attached hydrogens (tertiary/aromatic N) is 1. The lowest BCUT2D eigenvalue weighted by molar-refractivity contribution is 0.0603. The molecule has 76 valence electrons. The van der Waals surface area contributed by atoms with E-state index >= 15 is 0 Å². The van der Waals surface area contributed by atoms with Crippen LogP contribution in [0.15, 0.2) is 30.5 Å². The van der Waals surface area contributed by atoms with E-state index in [1.165, 1.54) is 31.5 Å². The predicted molar refractivity (Wildman–Crippen MR) is 53.0 cm³/mol. The fourth-order valence-electron chi connectivity index (χ4n) is 1.41. The van der Waals surface area contributed by atoms with Crippen molar-refractivity contribution in [1.82, 2.24) is 4.98 Å². The molecule has 0 bridgehead atoms. The van der Waals surface area contributed by atoms with Crippen LogP contribution in [0.3, 0.4) is 0 Å². The highest BCUT2D eigenvalue weighted by Crippen LogP contribution is 2.18. The maximum absolute atomic E-state index is 12.9. The second kappa shape index (κ2) is 3.65. The highest BCUT2D eigenvalue weighted by atomic mass is 19.1. The lowest BCUT2D eigenvalue weighted by Crippen LogP contribution is -2.02. The van der Waals surface area contributed by atoms with Crippen molar-refractivity contribution in [2.45, 2.75) is 0 Å². The van der Waals surface area contributed by atoms with Crippen molar-refractivity contribution in [2.75, 3.05) is 7.11 Å². The molecule has 1 aromatic carbocycles. The summed E-state index contributed by atoms with van der Waals surface area (Å²) >= 11 is 0. The molecule has 0 spiro atoms. The molecule has 1 heterocycles. The van der Waals surface area contributed by atoms with E-state index in [0.29, 0.717) is 16.5 Å². The Balaban J connectivity index is 2.71. The van der Waals surface area contributed by atoms with Crippen molar-refractivity contribution in [2.24, 2.45) is 0 Å². The summed E-state index contributed by atoms with van der Waals surface area (Å²) < 4.78 is 17.5. The van der Waals surface area contributed by atoms with Gasteiger partial charge in [-0.2, -0.15) is 0 Å². The highest BCUT2D eigenvalue weighted by Gasteiger charge is 2.10. The number of halogens is 1. The Morgan fingerprint density at radius 3 is 2.93 bits per heavy atom. The van der Waals surface area contributed by atoms with Gasteiger partial charge in [-0.15, -0.1) is 0 Å². The third-order valence-corrected chi connectivity index (χ3v) is 2.11. The van der Waals surface area contributed by atoms with Gasteiger partial charge >= 0.3 is 5.97 Å². The maximum Gasteiger partial charge on any atom is 0.338 e. The topological polar surface area (TPSA) is 39.2 Å². The van der Waals surface area contributed by atoms with Crippen LogP contribution in [-0.4, -0.2) is 18.1 Å². The lowest BCUT2D eigenvalue weighted by Gasteiger charge is -2.03.